The van der Waals surface area contributed by atoms with Crippen LogP contribution in [-0.2, 0) is 9.53 Å². The Bertz CT molecular complexity index is 1190. The summed E-state index contributed by atoms with van der Waals surface area (Å²) in [7, 11) is 0. The number of hydrogen-bond acceptors (Lipinski definition) is 6. The second-order valence-electron chi connectivity index (χ2n) is 6.50. The maximum Gasteiger partial charge on any atom is 0.351 e. The summed E-state index contributed by atoms with van der Waals surface area (Å²) in [5, 5.41) is 3.30. The molecule has 1 aliphatic heterocycles. The monoisotopic (exact) mass is 377 g/mol. The largest absolute Gasteiger partial charge is 0.453 e. The number of rotatable bonds is 4. The molecular weight excluding hydrogens is 362 g/mol. The van der Waals surface area contributed by atoms with E-state index in [9.17, 15) is 19.2 Å². The van der Waals surface area contributed by atoms with Gasteiger partial charge in [0.25, 0.3) is 0 Å². The first-order valence-corrected chi connectivity index (χ1v) is 8.62. The number of carbonyl (C=O) groups is 3. The average Bonchev–Trinajstić information content (AvgIpc) is 2.98. The van der Waals surface area contributed by atoms with Crippen LogP contribution in [0.5, 0.6) is 0 Å². The minimum atomic E-state index is -0.931. The third-order valence-corrected chi connectivity index (χ3v) is 4.69. The van der Waals surface area contributed by atoms with Gasteiger partial charge in [-0.2, -0.15) is 0 Å². The van der Waals surface area contributed by atoms with Crippen molar-refractivity contribution >= 4 is 34.3 Å². The zero-order valence-electron chi connectivity index (χ0n) is 14.9. The minimum Gasteiger partial charge on any atom is -0.453 e. The summed E-state index contributed by atoms with van der Waals surface area (Å²) in [4.78, 5) is 48.3. The number of nitrogens with one attached hydrogen (secondary N) is 1. The standard InChI is InChI=1S/C21H15NO6/c1-11-14-8-12(6-7-16(14)22-19(11)24)17(23)10-27-20(25)15-9-13-4-2-3-5-18(13)28-21(15)26/h2-9,11H,10H2,1H3,(H,22,24)/t11-/m0/s1. The van der Waals surface area contributed by atoms with E-state index in [1.54, 1.807) is 49.4 Å². The van der Waals surface area contributed by atoms with Gasteiger partial charge in [-0.1, -0.05) is 18.2 Å². The highest BCUT2D eigenvalue weighted by molar-refractivity contribution is 6.05. The topological polar surface area (TPSA) is 103 Å². The highest BCUT2D eigenvalue weighted by atomic mass is 16.5. The molecule has 1 N–H and O–H groups in total. The molecule has 4 rings (SSSR count). The Balaban J connectivity index is 1.50. The van der Waals surface area contributed by atoms with Gasteiger partial charge < -0.3 is 14.5 Å². The number of anilines is 1. The smallest absolute Gasteiger partial charge is 0.351 e. The number of amides is 1. The molecule has 28 heavy (non-hydrogen) atoms. The number of ether oxygens (including phenoxy) is 1. The summed E-state index contributed by atoms with van der Waals surface area (Å²) in [6.07, 6.45) is 0. The molecule has 0 radical (unpaired) electrons. The van der Waals surface area contributed by atoms with Gasteiger partial charge in [-0.05, 0) is 42.8 Å². The maximum atomic E-state index is 12.4. The Morgan fingerprint density at radius 1 is 1.11 bits per heavy atom. The van der Waals surface area contributed by atoms with Crippen LogP contribution in [0, 0.1) is 0 Å². The molecule has 1 aromatic heterocycles. The van der Waals surface area contributed by atoms with E-state index in [0.29, 0.717) is 22.2 Å². The lowest BCUT2D eigenvalue weighted by Gasteiger charge is -2.07. The highest BCUT2D eigenvalue weighted by Crippen LogP contribution is 2.32. The molecule has 7 heteroatoms. The molecule has 0 unspecified atom stereocenters. The number of esters is 1. The first-order valence-electron chi connectivity index (χ1n) is 8.62. The third-order valence-electron chi connectivity index (χ3n) is 4.69. The van der Waals surface area contributed by atoms with Gasteiger partial charge in [-0.15, -0.1) is 0 Å². The Kier molecular flexibility index (Phi) is 4.27. The molecule has 0 fully saturated rings. The van der Waals surface area contributed by atoms with Gasteiger partial charge in [-0.3, -0.25) is 9.59 Å². The van der Waals surface area contributed by atoms with E-state index in [1.807, 2.05) is 0 Å². The lowest BCUT2D eigenvalue weighted by Crippen LogP contribution is -2.20. The predicted molar refractivity (Wildman–Crippen MR) is 101 cm³/mol. The summed E-state index contributed by atoms with van der Waals surface area (Å²) in [5.41, 5.74) is 0.962. The van der Waals surface area contributed by atoms with Crippen molar-refractivity contribution in [2.75, 3.05) is 11.9 Å². The number of benzene rings is 2. The van der Waals surface area contributed by atoms with Crippen molar-refractivity contribution in [2.24, 2.45) is 0 Å². The van der Waals surface area contributed by atoms with Crippen LogP contribution < -0.4 is 10.9 Å². The summed E-state index contributed by atoms with van der Waals surface area (Å²) in [5.74, 6) is -1.85. The van der Waals surface area contributed by atoms with Crippen LogP contribution in [0.2, 0.25) is 0 Å². The van der Waals surface area contributed by atoms with Gasteiger partial charge in [0.2, 0.25) is 5.91 Å². The van der Waals surface area contributed by atoms with E-state index >= 15 is 0 Å². The van der Waals surface area contributed by atoms with Crippen molar-refractivity contribution < 1.29 is 23.5 Å². The molecule has 2 heterocycles. The van der Waals surface area contributed by atoms with Crippen LogP contribution in [0.15, 0.2) is 57.7 Å². The molecule has 0 saturated heterocycles. The van der Waals surface area contributed by atoms with Crippen molar-refractivity contribution in [1.29, 1.82) is 0 Å². The lowest BCUT2D eigenvalue weighted by molar-refractivity contribution is -0.116. The van der Waals surface area contributed by atoms with E-state index in [2.05, 4.69) is 5.32 Å². The van der Waals surface area contributed by atoms with E-state index in [1.165, 1.54) is 6.07 Å². The van der Waals surface area contributed by atoms with Crippen LogP contribution in [-0.4, -0.2) is 24.3 Å². The average molecular weight is 377 g/mol. The van der Waals surface area contributed by atoms with Crippen molar-refractivity contribution in [3.63, 3.8) is 0 Å². The van der Waals surface area contributed by atoms with Crippen LogP contribution in [0.3, 0.4) is 0 Å². The highest BCUT2D eigenvalue weighted by Gasteiger charge is 2.27. The molecule has 140 valence electrons. The Morgan fingerprint density at radius 3 is 2.71 bits per heavy atom. The Hall–Kier alpha value is -3.74. The lowest BCUT2D eigenvalue weighted by atomic mass is 9.99. The van der Waals surface area contributed by atoms with Crippen molar-refractivity contribution in [3.05, 3.63) is 75.6 Å². The van der Waals surface area contributed by atoms with Crippen LogP contribution in [0.25, 0.3) is 11.0 Å². The number of ketones is 1. The van der Waals surface area contributed by atoms with Gasteiger partial charge in [0.05, 0.1) is 5.92 Å². The van der Waals surface area contributed by atoms with E-state index in [-0.39, 0.29) is 17.4 Å². The molecule has 0 bridgehead atoms. The van der Waals surface area contributed by atoms with Crippen molar-refractivity contribution in [3.8, 4) is 0 Å². The van der Waals surface area contributed by atoms with Crippen molar-refractivity contribution in [1.82, 2.24) is 0 Å². The third kappa shape index (κ3) is 3.07. The number of Topliss-reactive ketones (excluding diaryl/α,β-unsaturated/α-hetero) is 1. The molecule has 0 saturated carbocycles. The number of fused-ring (bicyclic) bond motifs is 2. The van der Waals surface area contributed by atoms with Crippen LogP contribution in [0.4, 0.5) is 5.69 Å². The zero-order valence-corrected chi connectivity index (χ0v) is 14.9. The molecule has 0 spiro atoms. The maximum absolute atomic E-state index is 12.4. The molecule has 2 aromatic carbocycles. The molecule has 1 aliphatic rings. The SMILES string of the molecule is C[C@@H]1C(=O)Nc2ccc(C(=O)COC(=O)c3cc4ccccc4oc3=O)cc21. The molecule has 0 aliphatic carbocycles. The molecule has 1 amide bonds. The van der Waals surface area contributed by atoms with Crippen molar-refractivity contribution in [2.45, 2.75) is 12.8 Å². The summed E-state index contributed by atoms with van der Waals surface area (Å²) < 4.78 is 10.1. The molecule has 1 atom stereocenters. The summed E-state index contributed by atoms with van der Waals surface area (Å²) >= 11 is 0. The fourth-order valence-corrected chi connectivity index (χ4v) is 3.09. The molecule has 7 nitrogen and oxygen atoms in total. The van der Waals surface area contributed by atoms with E-state index in [4.69, 9.17) is 9.15 Å². The van der Waals surface area contributed by atoms with E-state index in [0.717, 1.165) is 5.56 Å². The predicted octanol–water partition coefficient (Wildman–Crippen LogP) is 2.89. The zero-order chi connectivity index (χ0) is 19.8. The van der Waals surface area contributed by atoms with Gasteiger partial charge in [0.1, 0.15) is 11.1 Å². The fraction of sp³-hybridized carbons (Fsp3) is 0.143. The van der Waals surface area contributed by atoms with Crippen LogP contribution in [0.1, 0.15) is 39.1 Å². The van der Waals surface area contributed by atoms with Crippen LogP contribution >= 0.6 is 0 Å². The number of hydrogen-bond donors (Lipinski definition) is 1. The Morgan fingerprint density at radius 2 is 1.89 bits per heavy atom. The first-order chi connectivity index (χ1) is 13.4. The molecule has 3 aromatic rings. The second kappa shape index (κ2) is 6.77. The van der Waals surface area contributed by atoms with Gasteiger partial charge in [0, 0.05) is 16.6 Å². The number of carbonyl (C=O) groups excluding carboxylic acids is 3. The quantitative estimate of drug-likeness (QED) is 0.426. The second-order valence-corrected chi connectivity index (χ2v) is 6.50. The van der Waals surface area contributed by atoms with Gasteiger partial charge in [-0.25, -0.2) is 9.59 Å². The first kappa shape index (κ1) is 17.7. The Labute approximate surface area is 158 Å². The normalized spacial score (nSPS) is 15.2. The number of para-hydroxylation sites is 1. The minimum absolute atomic E-state index is 0.131. The summed E-state index contributed by atoms with van der Waals surface area (Å²) in [6, 6.07) is 12.9. The van der Waals surface area contributed by atoms with Gasteiger partial charge in [0.15, 0.2) is 12.4 Å². The van der Waals surface area contributed by atoms with E-state index < -0.39 is 24.0 Å². The summed E-state index contributed by atoms with van der Waals surface area (Å²) in [6.45, 7) is 1.22. The molecular formula is C21H15NO6. The van der Waals surface area contributed by atoms with Gasteiger partial charge >= 0.3 is 11.6 Å². The fourth-order valence-electron chi connectivity index (χ4n) is 3.09.